The van der Waals surface area contributed by atoms with E-state index in [2.05, 4.69) is 31.6 Å². The molecule has 184 valence electrons. The fourth-order valence-corrected chi connectivity index (χ4v) is 4.72. The molecule has 2 aromatic heterocycles. The number of amides is 1. The van der Waals surface area contributed by atoms with E-state index in [1.54, 1.807) is 6.20 Å². The van der Waals surface area contributed by atoms with E-state index >= 15 is 0 Å². The molecule has 5 rings (SSSR count). The van der Waals surface area contributed by atoms with Gasteiger partial charge in [-0.3, -0.25) is 9.78 Å². The van der Waals surface area contributed by atoms with E-state index in [9.17, 15) is 9.18 Å². The highest BCUT2D eigenvalue weighted by molar-refractivity contribution is 5.99. The van der Waals surface area contributed by atoms with Gasteiger partial charge in [0, 0.05) is 36.2 Å². The number of anilines is 4. The number of benzene rings is 1. The molecule has 3 heterocycles. The molecule has 1 unspecified atom stereocenters. The number of nitrogens with two attached hydrogens (primary N) is 2. The third kappa shape index (κ3) is 5.13. The second kappa shape index (κ2) is 10.0. The van der Waals surface area contributed by atoms with E-state index in [4.69, 9.17) is 16.2 Å². The van der Waals surface area contributed by atoms with E-state index in [0.29, 0.717) is 18.9 Å². The number of nitrogens with one attached hydrogen (secondary N) is 2. The fourth-order valence-electron chi connectivity index (χ4n) is 4.72. The Labute approximate surface area is 203 Å². The van der Waals surface area contributed by atoms with Crippen molar-refractivity contribution < 1.29 is 13.9 Å². The van der Waals surface area contributed by atoms with Crippen molar-refractivity contribution in [1.82, 2.24) is 9.97 Å². The van der Waals surface area contributed by atoms with Gasteiger partial charge < -0.3 is 31.7 Å². The lowest BCUT2D eigenvalue weighted by molar-refractivity contribution is 0.100. The van der Waals surface area contributed by atoms with Crippen molar-refractivity contribution in [1.29, 1.82) is 0 Å². The molecular weight excluding hydrogens is 449 g/mol. The van der Waals surface area contributed by atoms with Crippen LogP contribution in [0.5, 0.6) is 0 Å². The van der Waals surface area contributed by atoms with Crippen LogP contribution in [0.1, 0.15) is 36.0 Å². The Morgan fingerprint density at radius 1 is 1.11 bits per heavy atom. The highest BCUT2D eigenvalue weighted by Crippen LogP contribution is 2.28. The number of primary amides is 1. The van der Waals surface area contributed by atoms with E-state index in [1.165, 1.54) is 0 Å². The number of carbonyl (C=O) groups excluding carboxylic acids is 1. The normalized spacial score (nSPS) is 20.6. The number of hydrogen-bond donors (Lipinski definition) is 4. The summed E-state index contributed by atoms with van der Waals surface area (Å²) in [5.74, 6) is -1.21. The number of ether oxygens (including phenoxy) is 1. The second-order valence-electron chi connectivity index (χ2n) is 9.10. The minimum atomic E-state index is -0.774. The maximum Gasteiger partial charge on any atom is 0.252 e. The average molecular weight is 480 g/mol. The largest absolute Gasteiger partial charge is 0.378 e. The van der Waals surface area contributed by atoms with Gasteiger partial charge in [-0.25, -0.2) is 9.37 Å². The summed E-state index contributed by atoms with van der Waals surface area (Å²) in [6, 6.07) is 8.96. The first-order chi connectivity index (χ1) is 17.0. The SMILES string of the molecule is NC(=O)c1cc(F)c(N[C@@H]2CCCCC2N)nc1Nc1cnc2cc(N3CCOCC3)ccc2c1. The van der Waals surface area contributed by atoms with Crippen molar-refractivity contribution >= 4 is 39.8 Å². The molecule has 35 heavy (non-hydrogen) atoms. The molecule has 6 N–H and O–H groups in total. The Hall–Kier alpha value is -3.50. The molecule has 2 aliphatic rings. The van der Waals surface area contributed by atoms with Crippen LogP contribution in [0.4, 0.5) is 27.4 Å². The highest BCUT2D eigenvalue weighted by atomic mass is 19.1. The quantitative estimate of drug-likeness (QED) is 0.424. The number of aromatic nitrogens is 2. The van der Waals surface area contributed by atoms with Crippen LogP contribution in [-0.2, 0) is 4.74 Å². The van der Waals surface area contributed by atoms with Gasteiger partial charge >= 0.3 is 0 Å². The Balaban J connectivity index is 1.41. The van der Waals surface area contributed by atoms with Gasteiger partial charge in [0.2, 0.25) is 0 Å². The molecule has 1 aromatic carbocycles. The minimum absolute atomic E-state index is 0.0382. The summed E-state index contributed by atoms with van der Waals surface area (Å²) in [7, 11) is 0. The summed E-state index contributed by atoms with van der Waals surface area (Å²) in [4.78, 5) is 23.2. The van der Waals surface area contributed by atoms with E-state index in [0.717, 1.165) is 61.4 Å². The summed E-state index contributed by atoms with van der Waals surface area (Å²) in [6.45, 7) is 3.12. The number of hydrogen-bond acceptors (Lipinski definition) is 8. The topological polar surface area (TPSA) is 131 Å². The first-order valence-corrected chi connectivity index (χ1v) is 12.0. The van der Waals surface area contributed by atoms with Gasteiger partial charge in [0.1, 0.15) is 5.82 Å². The Morgan fingerprint density at radius 3 is 2.69 bits per heavy atom. The van der Waals surface area contributed by atoms with Crippen LogP contribution < -0.4 is 27.0 Å². The molecule has 3 aromatic rings. The Bertz CT molecular complexity index is 1230. The van der Waals surface area contributed by atoms with E-state index in [1.807, 2.05) is 18.2 Å². The molecular formula is C25H30FN7O2. The zero-order chi connectivity index (χ0) is 24.4. The Kier molecular flexibility index (Phi) is 6.65. The number of fused-ring (bicyclic) bond motifs is 1. The first kappa shape index (κ1) is 23.3. The fraction of sp³-hybridized carbons (Fsp3) is 0.400. The van der Waals surface area contributed by atoms with Gasteiger partial charge in [0.25, 0.3) is 5.91 Å². The summed E-state index contributed by atoms with van der Waals surface area (Å²) in [5.41, 5.74) is 14.2. The molecule has 9 nitrogen and oxygen atoms in total. The smallest absolute Gasteiger partial charge is 0.252 e. The van der Waals surface area contributed by atoms with Crippen LogP contribution in [0.2, 0.25) is 0 Å². The zero-order valence-electron chi connectivity index (χ0n) is 19.5. The van der Waals surface area contributed by atoms with Gasteiger partial charge in [-0.15, -0.1) is 0 Å². The third-order valence-corrected chi connectivity index (χ3v) is 6.69. The van der Waals surface area contributed by atoms with Crippen LogP contribution in [0.3, 0.4) is 0 Å². The molecule has 1 saturated carbocycles. The van der Waals surface area contributed by atoms with Crippen molar-refractivity contribution in [3.8, 4) is 0 Å². The average Bonchev–Trinajstić information content (AvgIpc) is 2.87. The lowest BCUT2D eigenvalue weighted by atomic mass is 9.91. The molecule has 2 atom stereocenters. The second-order valence-corrected chi connectivity index (χ2v) is 9.10. The van der Waals surface area contributed by atoms with Crippen LogP contribution >= 0.6 is 0 Å². The standard InChI is InChI=1S/C25H30FN7O2/c26-19-13-18(23(28)34)24(32-25(19)31-21-4-2-1-3-20(21)27)30-16-11-15-5-6-17(12-22(15)29-14-16)33-7-9-35-10-8-33/h5-6,11-14,20-21H,1-4,7-10,27H2,(H2,28,34)(H2,30,31,32)/t20?,21-/m1/s1. The van der Waals surface area contributed by atoms with Gasteiger partial charge in [0.05, 0.1) is 36.2 Å². The molecule has 0 spiro atoms. The molecule has 10 heteroatoms. The molecule has 1 amide bonds. The van der Waals surface area contributed by atoms with Gasteiger partial charge in [-0.2, -0.15) is 0 Å². The van der Waals surface area contributed by atoms with Crippen molar-refractivity contribution in [3.63, 3.8) is 0 Å². The maximum atomic E-state index is 14.8. The van der Waals surface area contributed by atoms with Gasteiger partial charge in [-0.05, 0) is 37.1 Å². The van der Waals surface area contributed by atoms with Crippen molar-refractivity contribution in [2.24, 2.45) is 11.5 Å². The van der Waals surface area contributed by atoms with Crippen LogP contribution in [0.25, 0.3) is 10.9 Å². The van der Waals surface area contributed by atoms with Crippen molar-refractivity contribution in [2.75, 3.05) is 41.8 Å². The van der Waals surface area contributed by atoms with Crippen LogP contribution in [0.15, 0.2) is 36.5 Å². The number of rotatable bonds is 6. The van der Waals surface area contributed by atoms with Crippen LogP contribution in [0, 0.1) is 5.82 Å². The summed E-state index contributed by atoms with van der Waals surface area (Å²) < 4.78 is 20.2. The van der Waals surface area contributed by atoms with E-state index in [-0.39, 0.29) is 29.3 Å². The summed E-state index contributed by atoms with van der Waals surface area (Å²) >= 11 is 0. The van der Waals surface area contributed by atoms with E-state index < -0.39 is 11.7 Å². The summed E-state index contributed by atoms with van der Waals surface area (Å²) in [5, 5.41) is 7.14. The van der Waals surface area contributed by atoms with Gasteiger partial charge in [-0.1, -0.05) is 18.9 Å². The van der Waals surface area contributed by atoms with Crippen molar-refractivity contribution in [3.05, 3.63) is 47.9 Å². The number of nitrogens with zero attached hydrogens (tertiary/aromatic N) is 3. The molecule has 1 saturated heterocycles. The zero-order valence-corrected chi connectivity index (χ0v) is 19.5. The molecule has 1 aliphatic carbocycles. The highest BCUT2D eigenvalue weighted by Gasteiger charge is 2.24. The predicted molar refractivity (Wildman–Crippen MR) is 135 cm³/mol. The number of pyridine rings is 2. The molecule has 0 bridgehead atoms. The molecule has 1 aliphatic heterocycles. The minimum Gasteiger partial charge on any atom is -0.378 e. The molecule has 2 fully saturated rings. The van der Waals surface area contributed by atoms with Crippen LogP contribution in [-0.4, -0.2) is 54.3 Å². The summed E-state index contributed by atoms with van der Waals surface area (Å²) in [6.07, 6.45) is 5.45. The maximum absolute atomic E-state index is 14.8. The Morgan fingerprint density at radius 2 is 1.91 bits per heavy atom. The van der Waals surface area contributed by atoms with Gasteiger partial charge in [0.15, 0.2) is 11.6 Å². The monoisotopic (exact) mass is 479 g/mol. The van der Waals surface area contributed by atoms with Crippen molar-refractivity contribution in [2.45, 2.75) is 37.8 Å². The molecule has 0 radical (unpaired) electrons. The predicted octanol–water partition coefficient (Wildman–Crippen LogP) is 3.13. The first-order valence-electron chi connectivity index (χ1n) is 12.0. The lowest BCUT2D eigenvalue weighted by Crippen LogP contribution is -2.43. The lowest BCUT2D eigenvalue weighted by Gasteiger charge is -2.30. The third-order valence-electron chi connectivity index (χ3n) is 6.69. The number of halogens is 1. The number of morpholine rings is 1. The number of carbonyl (C=O) groups is 1.